The van der Waals surface area contributed by atoms with Gasteiger partial charge >= 0.3 is 0 Å². The molecule has 7 nitrogen and oxygen atoms in total. The van der Waals surface area contributed by atoms with Crippen molar-refractivity contribution in [3.63, 3.8) is 0 Å². The van der Waals surface area contributed by atoms with Crippen LogP contribution in [-0.4, -0.2) is 72.8 Å². The van der Waals surface area contributed by atoms with Gasteiger partial charge in [-0.1, -0.05) is 6.07 Å². The van der Waals surface area contributed by atoms with Crippen LogP contribution in [0.4, 0.5) is 4.79 Å². The number of thioether (sulfide) groups is 1. The van der Waals surface area contributed by atoms with E-state index < -0.39 is 0 Å². The lowest BCUT2D eigenvalue weighted by atomic mass is 10.2. The zero-order valence-electron chi connectivity index (χ0n) is 15.7. The van der Waals surface area contributed by atoms with E-state index in [4.69, 9.17) is 4.74 Å². The van der Waals surface area contributed by atoms with Crippen molar-refractivity contribution >= 4 is 46.2 Å². The summed E-state index contributed by atoms with van der Waals surface area (Å²) in [6.45, 7) is 5.33. The maximum atomic E-state index is 12.4. The fraction of sp³-hybridized carbons (Fsp3) is 0.526. The predicted octanol–water partition coefficient (Wildman–Crippen LogP) is 2.40. The lowest BCUT2D eigenvalue weighted by Crippen LogP contribution is -2.38. The van der Waals surface area contributed by atoms with Crippen molar-refractivity contribution in [2.24, 2.45) is 0 Å². The summed E-state index contributed by atoms with van der Waals surface area (Å²) in [7, 11) is 0. The summed E-state index contributed by atoms with van der Waals surface area (Å²) in [6, 6.07) is 3.81. The molecular weight excluding hydrogens is 398 g/mol. The third-order valence-corrected chi connectivity index (χ3v) is 6.28. The Morgan fingerprint density at radius 3 is 2.79 bits per heavy atom. The van der Waals surface area contributed by atoms with E-state index in [1.165, 1.54) is 16.2 Å². The number of morpholine rings is 1. The quantitative estimate of drug-likeness (QED) is 0.485. The van der Waals surface area contributed by atoms with Crippen LogP contribution in [0.3, 0.4) is 0 Å². The molecule has 0 atom stereocenters. The van der Waals surface area contributed by atoms with Crippen molar-refractivity contribution in [2.75, 3.05) is 45.9 Å². The van der Waals surface area contributed by atoms with E-state index in [1.54, 1.807) is 6.08 Å². The Morgan fingerprint density at radius 1 is 1.21 bits per heavy atom. The number of amides is 3. The van der Waals surface area contributed by atoms with Gasteiger partial charge in [-0.3, -0.25) is 24.2 Å². The minimum absolute atomic E-state index is 0.0388. The average molecular weight is 424 g/mol. The first-order chi connectivity index (χ1) is 13.6. The fourth-order valence-corrected chi connectivity index (χ4v) is 4.62. The van der Waals surface area contributed by atoms with Crippen LogP contribution in [0.5, 0.6) is 0 Å². The van der Waals surface area contributed by atoms with E-state index in [0.717, 1.165) is 55.9 Å². The second kappa shape index (κ2) is 10.8. The van der Waals surface area contributed by atoms with E-state index in [2.05, 4.69) is 10.2 Å². The summed E-state index contributed by atoms with van der Waals surface area (Å²) >= 11 is 2.48. The Balaban J connectivity index is 1.32. The summed E-state index contributed by atoms with van der Waals surface area (Å²) in [4.78, 5) is 41.4. The molecule has 0 radical (unpaired) electrons. The van der Waals surface area contributed by atoms with Crippen molar-refractivity contribution in [1.29, 1.82) is 0 Å². The smallest absolute Gasteiger partial charge is 0.293 e. The first-order valence-electron chi connectivity index (χ1n) is 9.49. The van der Waals surface area contributed by atoms with Crippen LogP contribution in [0.1, 0.15) is 24.1 Å². The van der Waals surface area contributed by atoms with Crippen LogP contribution in [0, 0.1) is 0 Å². The van der Waals surface area contributed by atoms with Gasteiger partial charge < -0.3 is 10.1 Å². The highest BCUT2D eigenvalue weighted by Crippen LogP contribution is 2.33. The third-order valence-electron chi connectivity index (χ3n) is 4.55. The standard InChI is InChI=1S/C19H25N3O4S2/c23-17(20-6-3-7-21-9-11-26-12-10-21)5-1-8-22-18(24)16(28-19(22)25)14-15-4-2-13-27-15/h2,4,13-14H,1,3,5-12H2,(H,20,23)/b16-14+. The van der Waals surface area contributed by atoms with Gasteiger partial charge in [-0.2, -0.15) is 0 Å². The minimum atomic E-state index is -0.269. The van der Waals surface area contributed by atoms with Crippen molar-refractivity contribution < 1.29 is 19.1 Å². The highest BCUT2D eigenvalue weighted by Gasteiger charge is 2.34. The first-order valence-corrected chi connectivity index (χ1v) is 11.2. The fourth-order valence-electron chi connectivity index (χ4n) is 3.04. The molecule has 2 aliphatic rings. The monoisotopic (exact) mass is 423 g/mol. The van der Waals surface area contributed by atoms with E-state index in [0.29, 0.717) is 24.3 Å². The number of thiophene rings is 1. The van der Waals surface area contributed by atoms with E-state index in [9.17, 15) is 14.4 Å². The highest BCUT2D eigenvalue weighted by molar-refractivity contribution is 8.18. The summed E-state index contributed by atoms with van der Waals surface area (Å²) in [5, 5.41) is 4.57. The highest BCUT2D eigenvalue weighted by atomic mass is 32.2. The molecule has 0 unspecified atom stereocenters. The Labute approximate surface area is 173 Å². The van der Waals surface area contributed by atoms with Gasteiger partial charge in [-0.05, 0) is 48.7 Å². The molecule has 2 saturated heterocycles. The van der Waals surface area contributed by atoms with Crippen LogP contribution in [0.15, 0.2) is 22.4 Å². The minimum Gasteiger partial charge on any atom is -0.379 e. The van der Waals surface area contributed by atoms with Crippen LogP contribution in [0.25, 0.3) is 6.08 Å². The number of ether oxygens (including phenoxy) is 1. The summed E-state index contributed by atoms with van der Waals surface area (Å²) < 4.78 is 5.31. The van der Waals surface area contributed by atoms with Crippen molar-refractivity contribution in [1.82, 2.24) is 15.1 Å². The van der Waals surface area contributed by atoms with Crippen molar-refractivity contribution in [3.05, 3.63) is 27.3 Å². The summed E-state index contributed by atoms with van der Waals surface area (Å²) in [5.74, 6) is -0.308. The van der Waals surface area contributed by atoms with Gasteiger partial charge in [0.2, 0.25) is 5.91 Å². The molecule has 0 aromatic carbocycles. The maximum Gasteiger partial charge on any atom is 0.293 e. The topological polar surface area (TPSA) is 79.0 Å². The number of imide groups is 1. The number of nitrogens with one attached hydrogen (secondary N) is 1. The Bertz CT molecular complexity index is 715. The van der Waals surface area contributed by atoms with Gasteiger partial charge in [0.15, 0.2) is 0 Å². The molecule has 28 heavy (non-hydrogen) atoms. The third kappa shape index (κ3) is 6.16. The molecule has 3 rings (SSSR count). The van der Waals surface area contributed by atoms with Crippen LogP contribution in [0.2, 0.25) is 0 Å². The number of carbonyl (C=O) groups excluding carboxylic acids is 3. The lowest BCUT2D eigenvalue weighted by Gasteiger charge is -2.26. The zero-order valence-corrected chi connectivity index (χ0v) is 17.4. The molecule has 1 aromatic heterocycles. The normalized spacial score (nSPS) is 19.6. The van der Waals surface area contributed by atoms with Gasteiger partial charge in [0.25, 0.3) is 11.1 Å². The SMILES string of the molecule is O=C(CCCN1C(=O)S/C(=C/c2cccs2)C1=O)NCCCN1CCOCC1. The molecule has 1 N–H and O–H groups in total. The summed E-state index contributed by atoms with van der Waals surface area (Å²) in [5.41, 5.74) is 0. The van der Waals surface area contributed by atoms with Crippen LogP contribution < -0.4 is 5.32 Å². The predicted molar refractivity (Wildman–Crippen MR) is 111 cm³/mol. The molecule has 0 bridgehead atoms. The number of nitrogens with zero attached hydrogens (tertiary/aromatic N) is 2. The molecule has 1 aromatic rings. The molecule has 3 heterocycles. The van der Waals surface area contributed by atoms with Gasteiger partial charge in [0.1, 0.15) is 0 Å². The molecule has 2 aliphatic heterocycles. The second-order valence-electron chi connectivity index (χ2n) is 6.61. The van der Waals surface area contributed by atoms with E-state index in [1.807, 2.05) is 17.5 Å². The number of carbonyl (C=O) groups is 3. The van der Waals surface area contributed by atoms with Crippen molar-refractivity contribution in [2.45, 2.75) is 19.3 Å². The van der Waals surface area contributed by atoms with Gasteiger partial charge in [-0.15, -0.1) is 11.3 Å². The van der Waals surface area contributed by atoms with Crippen LogP contribution >= 0.6 is 23.1 Å². The van der Waals surface area contributed by atoms with Crippen LogP contribution in [-0.2, 0) is 14.3 Å². The Hall–Kier alpha value is -1.68. The van der Waals surface area contributed by atoms with E-state index in [-0.39, 0.29) is 23.6 Å². The molecule has 3 amide bonds. The lowest BCUT2D eigenvalue weighted by molar-refractivity contribution is -0.124. The zero-order chi connectivity index (χ0) is 19.8. The molecule has 152 valence electrons. The van der Waals surface area contributed by atoms with E-state index >= 15 is 0 Å². The Kier molecular flexibility index (Phi) is 8.08. The molecule has 2 fully saturated rings. The number of hydrogen-bond acceptors (Lipinski definition) is 7. The molecule has 9 heteroatoms. The average Bonchev–Trinajstić information content (AvgIpc) is 3.30. The van der Waals surface area contributed by atoms with Crippen molar-refractivity contribution in [3.8, 4) is 0 Å². The van der Waals surface area contributed by atoms with Gasteiger partial charge in [0, 0.05) is 37.5 Å². The molecule has 0 spiro atoms. The Morgan fingerprint density at radius 2 is 2.04 bits per heavy atom. The number of hydrogen-bond donors (Lipinski definition) is 1. The van der Waals surface area contributed by atoms with Gasteiger partial charge in [0.05, 0.1) is 18.1 Å². The maximum absolute atomic E-state index is 12.4. The number of rotatable bonds is 9. The molecule has 0 saturated carbocycles. The second-order valence-corrected chi connectivity index (χ2v) is 8.58. The largest absolute Gasteiger partial charge is 0.379 e. The molecule has 0 aliphatic carbocycles. The van der Waals surface area contributed by atoms with Gasteiger partial charge in [-0.25, -0.2) is 0 Å². The first kappa shape index (κ1) is 21.0. The molecular formula is C19H25N3O4S2. The summed E-state index contributed by atoms with van der Waals surface area (Å²) in [6.07, 6.45) is 3.43.